The average Bonchev–Trinajstić information content (AvgIpc) is 2.48. The third-order valence-electron chi connectivity index (χ3n) is 3.06. The summed E-state index contributed by atoms with van der Waals surface area (Å²) < 4.78 is 13.7. The Morgan fingerprint density at radius 1 is 1.14 bits per heavy atom. The van der Waals surface area contributed by atoms with Crippen molar-refractivity contribution in [3.8, 4) is 0 Å². The number of hydrogen-bond donors (Lipinski definition) is 3. The van der Waals surface area contributed by atoms with Gasteiger partial charge in [-0.2, -0.15) is 0 Å². The van der Waals surface area contributed by atoms with Crippen LogP contribution in [0, 0.1) is 12.7 Å². The minimum Gasteiger partial charge on any atom is -0.352 e. The van der Waals surface area contributed by atoms with Gasteiger partial charge in [0.25, 0.3) is 5.91 Å². The first-order valence-corrected chi connectivity index (χ1v) is 6.65. The predicted octanol–water partition coefficient (Wildman–Crippen LogP) is 2.55. The topological polar surface area (TPSA) is 84.2 Å². The van der Waals surface area contributed by atoms with E-state index in [0.717, 1.165) is 11.1 Å². The smallest absolute Gasteiger partial charge is 0.312 e. The molecule has 2 aromatic carbocycles. The van der Waals surface area contributed by atoms with Crippen LogP contribution in [0.5, 0.6) is 0 Å². The Labute approximate surface area is 127 Å². The van der Waals surface area contributed by atoms with E-state index in [9.17, 15) is 14.0 Å². The van der Waals surface area contributed by atoms with Crippen molar-refractivity contribution in [2.45, 2.75) is 13.5 Å². The lowest BCUT2D eigenvalue weighted by Gasteiger charge is -2.08. The molecule has 4 N–H and O–H groups in total. The molecule has 0 bridgehead atoms. The number of amides is 3. The number of halogens is 1. The fraction of sp³-hybridized carbons (Fsp3) is 0.125. The van der Waals surface area contributed by atoms with Gasteiger partial charge in [-0.3, -0.25) is 4.79 Å². The molecule has 3 amide bonds. The summed E-state index contributed by atoms with van der Waals surface area (Å²) in [6.07, 6.45) is 0. The maximum Gasteiger partial charge on any atom is 0.312 e. The van der Waals surface area contributed by atoms with Crippen LogP contribution in [0.2, 0.25) is 0 Å². The van der Waals surface area contributed by atoms with E-state index in [-0.39, 0.29) is 12.2 Å². The Balaban J connectivity index is 2.04. The van der Waals surface area contributed by atoms with E-state index in [1.165, 1.54) is 12.1 Å². The van der Waals surface area contributed by atoms with E-state index in [4.69, 9.17) is 5.73 Å². The Hall–Kier alpha value is -2.89. The van der Waals surface area contributed by atoms with Crippen LogP contribution in [-0.4, -0.2) is 11.9 Å². The molecule has 2 aromatic rings. The van der Waals surface area contributed by atoms with Crippen LogP contribution in [0.25, 0.3) is 0 Å². The van der Waals surface area contributed by atoms with Gasteiger partial charge >= 0.3 is 6.03 Å². The summed E-state index contributed by atoms with van der Waals surface area (Å²) in [5.41, 5.74) is 7.09. The van der Waals surface area contributed by atoms with Gasteiger partial charge in [-0.1, -0.05) is 18.2 Å². The van der Waals surface area contributed by atoms with Crippen LogP contribution in [0.15, 0.2) is 42.5 Å². The van der Waals surface area contributed by atoms with E-state index in [1.807, 2.05) is 0 Å². The summed E-state index contributed by atoms with van der Waals surface area (Å²) in [7, 11) is 0. The first-order valence-electron chi connectivity index (χ1n) is 6.65. The van der Waals surface area contributed by atoms with Crippen molar-refractivity contribution in [1.82, 2.24) is 5.32 Å². The third kappa shape index (κ3) is 4.05. The standard InChI is InChI=1S/C16H16FN3O2/c1-10-2-7-14(13(17)8-10)20-15(21)12-5-3-11(4-6-12)9-19-16(18)22/h2-8H,9H2,1H3,(H,20,21)(H3,18,19,22). The minimum absolute atomic E-state index is 0.134. The zero-order chi connectivity index (χ0) is 16.1. The second-order valence-electron chi connectivity index (χ2n) is 4.85. The number of urea groups is 1. The summed E-state index contributed by atoms with van der Waals surface area (Å²) in [5, 5.41) is 4.97. The highest BCUT2D eigenvalue weighted by atomic mass is 19.1. The molecule has 0 aliphatic heterocycles. The van der Waals surface area contributed by atoms with Crippen molar-refractivity contribution in [3.05, 3.63) is 65.0 Å². The van der Waals surface area contributed by atoms with Crippen LogP contribution in [-0.2, 0) is 6.54 Å². The van der Waals surface area contributed by atoms with Gasteiger partial charge in [0.05, 0.1) is 5.69 Å². The zero-order valence-electron chi connectivity index (χ0n) is 12.0. The second kappa shape index (κ2) is 6.71. The molecule has 0 unspecified atom stereocenters. The molecule has 0 heterocycles. The molecular weight excluding hydrogens is 285 g/mol. The van der Waals surface area contributed by atoms with Gasteiger partial charge in [-0.05, 0) is 42.3 Å². The van der Waals surface area contributed by atoms with Crippen LogP contribution in [0.3, 0.4) is 0 Å². The molecule has 0 spiro atoms. The van der Waals surface area contributed by atoms with E-state index in [0.29, 0.717) is 5.56 Å². The zero-order valence-corrected chi connectivity index (χ0v) is 12.0. The van der Waals surface area contributed by atoms with Crippen molar-refractivity contribution in [3.63, 3.8) is 0 Å². The van der Waals surface area contributed by atoms with Crippen LogP contribution < -0.4 is 16.4 Å². The molecule has 0 aromatic heterocycles. The Morgan fingerprint density at radius 3 is 2.41 bits per heavy atom. The number of carbonyl (C=O) groups is 2. The largest absolute Gasteiger partial charge is 0.352 e. The molecule has 0 radical (unpaired) electrons. The normalized spacial score (nSPS) is 10.1. The molecule has 0 aliphatic rings. The first kappa shape index (κ1) is 15.5. The van der Waals surface area contributed by atoms with E-state index >= 15 is 0 Å². The van der Waals surface area contributed by atoms with Crippen molar-refractivity contribution in [2.24, 2.45) is 5.73 Å². The number of nitrogens with one attached hydrogen (secondary N) is 2. The molecule has 2 rings (SSSR count). The predicted molar refractivity (Wildman–Crippen MR) is 82.0 cm³/mol. The minimum atomic E-state index is -0.614. The van der Waals surface area contributed by atoms with Gasteiger partial charge in [0.15, 0.2) is 0 Å². The van der Waals surface area contributed by atoms with Gasteiger partial charge in [-0.25, -0.2) is 9.18 Å². The molecule has 0 fully saturated rings. The van der Waals surface area contributed by atoms with Crippen molar-refractivity contribution < 1.29 is 14.0 Å². The lowest BCUT2D eigenvalue weighted by atomic mass is 10.1. The summed E-state index contributed by atoms with van der Waals surface area (Å²) in [5.74, 6) is -0.882. The van der Waals surface area contributed by atoms with Crippen molar-refractivity contribution in [2.75, 3.05) is 5.32 Å². The maximum absolute atomic E-state index is 13.7. The van der Waals surface area contributed by atoms with Gasteiger partial charge < -0.3 is 16.4 Å². The fourth-order valence-electron chi connectivity index (χ4n) is 1.88. The lowest BCUT2D eigenvalue weighted by molar-refractivity contribution is 0.102. The molecule has 114 valence electrons. The third-order valence-corrected chi connectivity index (χ3v) is 3.06. The van der Waals surface area contributed by atoms with Gasteiger partial charge in [-0.15, -0.1) is 0 Å². The van der Waals surface area contributed by atoms with E-state index < -0.39 is 17.8 Å². The van der Waals surface area contributed by atoms with Crippen LogP contribution >= 0.6 is 0 Å². The molecule has 0 aliphatic carbocycles. The number of rotatable bonds is 4. The van der Waals surface area contributed by atoms with E-state index in [2.05, 4.69) is 10.6 Å². The molecule has 6 heteroatoms. The number of anilines is 1. The Kier molecular flexibility index (Phi) is 4.73. The summed E-state index contributed by atoms with van der Waals surface area (Å²) in [4.78, 5) is 22.7. The fourth-order valence-corrected chi connectivity index (χ4v) is 1.88. The SMILES string of the molecule is Cc1ccc(NC(=O)c2ccc(CNC(N)=O)cc2)c(F)c1. The number of primary amides is 1. The Bertz CT molecular complexity index is 699. The lowest BCUT2D eigenvalue weighted by Crippen LogP contribution is -2.28. The number of aryl methyl sites for hydroxylation is 1. The molecule has 0 atom stereocenters. The Morgan fingerprint density at radius 2 is 1.82 bits per heavy atom. The maximum atomic E-state index is 13.7. The highest BCUT2D eigenvalue weighted by molar-refractivity contribution is 6.04. The van der Waals surface area contributed by atoms with Gasteiger partial charge in [0, 0.05) is 12.1 Å². The second-order valence-corrected chi connectivity index (χ2v) is 4.85. The average molecular weight is 301 g/mol. The van der Waals surface area contributed by atoms with Crippen molar-refractivity contribution >= 4 is 17.6 Å². The van der Waals surface area contributed by atoms with Crippen molar-refractivity contribution in [1.29, 1.82) is 0 Å². The van der Waals surface area contributed by atoms with Gasteiger partial charge in [0.2, 0.25) is 0 Å². The highest BCUT2D eigenvalue weighted by Gasteiger charge is 2.09. The molecule has 0 saturated carbocycles. The van der Waals surface area contributed by atoms with Crippen LogP contribution in [0.1, 0.15) is 21.5 Å². The van der Waals surface area contributed by atoms with Gasteiger partial charge in [0.1, 0.15) is 5.82 Å². The summed E-state index contributed by atoms with van der Waals surface area (Å²) >= 11 is 0. The number of benzene rings is 2. The van der Waals surface area contributed by atoms with Crippen LogP contribution in [0.4, 0.5) is 14.9 Å². The quantitative estimate of drug-likeness (QED) is 0.811. The molecule has 5 nitrogen and oxygen atoms in total. The number of nitrogens with two attached hydrogens (primary N) is 1. The monoisotopic (exact) mass is 301 g/mol. The molecule has 0 saturated heterocycles. The molecule has 22 heavy (non-hydrogen) atoms. The number of hydrogen-bond acceptors (Lipinski definition) is 2. The summed E-state index contributed by atoms with van der Waals surface area (Å²) in [6.45, 7) is 2.05. The highest BCUT2D eigenvalue weighted by Crippen LogP contribution is 2.16. The first-order chi connectivity index (χ1) is 10.5. The number of carbonyl (C=O) groups excluding carboxylic acids is 2. The molecular formula is C16H16FN3O2. The van der Waals surface area contributed by atoms with E-state index in [1.54, 1.807) is 37.3 Å². The summed E-state index contributed by atoms with van der Waals surface area (Å²) in [6, 6.07) is 10.6.